The van der Waals surface area contributed by atoms with Crippen molar-refractivity contribution in [1.82, 2.24) is 4.72 Å². The molecule has 86 valence electrons. The van der Waals surface area contributed by atoms with Gasteiger partial charge in [-0.1, -0.05) is 0 Å². The molecule has 0 radical (unpaired) electrons. The van der Waals surface area contributed by atoms with Crippen molar-refractivity contribution in [2.24, 2.45) is 0 Å². The van der Waals surface area contributed by atoms with E-state index in [1.54, 1.807) is 0 Å². The molecule has 1 aliphatic carbocycles. The Morgan fingerprint density at radius 1 is 1.27 bits per heavy atom. The van der Waals surface area contributed by atoms with Crippen molar-refractivity contribution < 1.29 is 22.1 Å². The van der Waals surface area contributed by atoms with Gasteiger partial charge in [-0.25, -0.2) is 0 Å². The lowest BCUT2D eigenvalue weighted by Gasteiger charge is -2.35. The first-order valence-corrected chi connectivity index (χ1v) is 6.48. The molecule has 0 aromatic carbocycles. The van der Waals surface area contributed by atoms with Crippen LogP contribution in [0.25, 0.3) is 0 Å². The minimum atomic E-state index is -3.54. The molecule has 6 nitrogen and oxygen atoms in total. The Kier molecular flexibility index (Phi) is 2.09. The zero-order valence-electron chi connectivity index (χ0n) is 8.14. The van der Waals surface area contributed by atoms with Gasteiger partial charge in [0.2, 0.25) is 0 Å². The van der Waals surface area contributed by atoms with Gasteiger partial charge >= 0.3 is 10.3 Å². The molecule has 3 aliphatic rings. The number of hydrogen-bond acceptors (Lipinski definition) is 5. The molecule has 2 aliphatic heterocycles. The molecular weight excluding hydrogens is 222 g/mol. The van der Waals surface area contributed by atoms with Gasteiger partial charge in [0, 0.05) is 12.8 Å². The highest BCUT2D eigenvalue weighted by Crippen LogP contribution is 2.39. The van der Waals surface area contributed by atoms with Crippen molar-refractivity contribution in [3.8, 4) is 0 Å². The van der Waals surface area contributed by atoms with Crippen LogP contribution >= 0.6 is 0 Å². The summed E-state index contributed by atoms with van der Waals surface area (Å²) in [6.45, 7) is 1.18. The summed E-state index contributed by atoms with van der Waals surface area (Å²) < 4.78 is 40.8. The molecule has 0 unspecified atom stereocenters. The molecule has 0 aromatic rings. The molecular formula is C8H13NO5S. The molecule has 7 heteroatoms. The number of fused-ring (bicyclic) bond motifs is 1. The predicted molar refractivity (Wildman–Crippen MR) is 49.2 cm³/mol. The third-order valence-corrected chi connectivity index (χ3v) is 4.24. The molecule has 3 rings (SSSR count). The van der Waals surface area contributed by atoms with E-state index >= 15 is 0 Å². The van der Waals surface area contributed by atoms with E-state index in [1.165, 1.54) is 0 Å². The number of nitrogens with one attached hydrogen (secondary N) is 1. The summed E-state index contributed by atoms with van der Waals surface area (Å²) in [6, 6.07) is -0.207. The Morgan fingerprint density at radius 2 is 2.00 bits per heavy atom. The molecule has 1 saturated carbocycles. The van der Waals surface area contributed by atoms with Crippen molar-refractivity contribution in [3.63, 3.8) is 0 Å². The highest BCUT2D eigenvalue weighted by Gasteiger charge is 2.50. The second kappa shape index (κ2) is 3.14. The summed E-state index contributed by atoms with van der Waals surface area (Å²) in [5.74, 6) is -0.572. The monoisotopic (exact) mass is 235 g/mol. The maximum absolute atomic E-state index is 11.2. The van der Waals surface area contributed by atoms with Crippen LogP contribution in [0.5, 0.6) is 0 Å². The number of rotatable bonds is 0. The van der Waals surface area contributed by atoms with E-state index in [0.717, 1.165) is 0 Å². The van der Waals surface area contributed by atoms with Crippen LogP contribution < -0.4 is 4.72 Å². The smallest absolute Gasteiger partial charge is 0.336 e. The topological polar surface area (TPSA) is 73.9 Å². The molecule has 2 atom stereocenters. The zero-order valence-corrected chi connectivity index (χ0v) is 8.96. The molecule has 2 heterocycles. The maximum atomic E-state index is 11.2. The van der Waals surface area contributed by atoms with E-state index in [4.69, 9.17) is 13.7 Å². The summed E-state index contributed by atoms with van der Waals surface area (Å²) in [7, 11) is -3.54. The average molecular weight is 235 g/mol. The quantitative estimate of drug-likeness (QED) is 0.613. The summed E-state index contributed by atoms with van der Waals surface area (Å²) in [5, 5.41) is 0. The van der Waals surface area contributed by atoms with Crippen molar-refractivity contribution >= 4 is 10.3 Å². The largest absolute Gasteiger partial charge is 0.347 e. The summed E-state index contributed by atoms with van der Waals surface area (Å²) in [4.78, 5) is 0. The van der Waals surface area contributed by atoms with Crippen LogP contribution in [0.4, 0.5) is 0 Å². The number of ether oxygens (including phenoxy) is 2. The Balaban J connectivity index is 1.78. The van der Waals surface area contributed by atoms with E-state index in [1.807, 2.05) is 0 Å². The van der Waals surface area contributed by atoms with Gasteiger partial charge in [0.15, 0.2) is 5.79 Å². The molecule has 1 spiro atoms. The number of hydrogen-bond donors (Lipinski definition) is 1. The van der Waals surface area contributed by atoms with Crippen LogP contribution in [0.3, 0.4) is 0 Å². The van der Waals surface area contributed by atoms with Crippen LogP contribution in [0.2, 0.25) is 0 Å². The Labute approximate surface area is 88.1 Å². The predicted octanol–water partition coefficient (Wildman–Crippen LogP) is -0.485. The SMILES string of the molecule is O=S1(=O)N[C@H]2CC3(CC[C@H]2O1)OCCO3. The fourth-order valence-corrected chi connectivity index (χ4v) is 3.72. The second-order valence-electron chi connectivity index (χ2n) is 4.16. The lowest BCUT2D eigenvalue weighted by atomic mass is 9.88. The lowest BCUT2D eigenvalue weighted by Crippen LogP contribution is -2.47. The molecule has 0 amide bonds. The highest BCUT2D eigenvalue weighted by molar-refractivity contribution is 7.85. The molecule has 0 aromatic heterocycles. The van der Waals surface area contributed by atoms with E-state index in [-0.39, 0.29) is 12.1 Å². The van der Waals surface area contributed by atoms with Gasteiger partial charge in [0.1, 0.15) is 0 Å². The first-order valence-electron chi connectivity index (χ1n) is 5.07. The third-order valence-electron chi connectivity index (χ3n) is 3.15. The standard InChI is InChI=1S/C8H13NO5S/c10-15(11)9-6-5-8(12-3-4-13-8)2-1-7(6)14-15/h6-7,9H,1-5H2/t6-,7+/m0/s1. The van der Waals surface area contributed by atoms with Gasteiger partial charge in [-0.05, 0) is 6.42 Å². The molecule has 3 fully saturated rings. The summed E-state index contributed by atoms with van der Waals surface area (Å²) in [6.07, 6.45) is 1.63. The molecule has 1 N–H and O–H groups in total. The fourth-order valence-electron chi connectivity index (χ4n) is 2.50. The van der Waals surface area contributed by atoms with E-state index in [9.17, 15) is 8.42 Å². The van der Waals surface area contributed by atoms with Gasteiger partial charge in [-0.2, -0.15) is 13.1 Å². The van der Waals surface area contributed by atoms with E-state index in [0.29, 0.717) is 32.5 Å². The third kappa shape index (κ3) is 1.68. The van der Waals surface area contributed by atoms with Crippen molar-refractivity contribution in [2.75, 3.05) is 13.2 Å². The van der Waals surface area contributed by atoms with Crippen molar-refractivity contribution in [2.45, 2.75) is 37.2 Å². The van der Waals surface area contributed by atoms with Gasteiger partial charge < -0.3 is 9.47 Å². The Morgan fingerprint density at radius 3 is 2.73 bits per heavy atom. The first-order chi connectivity index (χ1) is 7.09. The van der Waals surface area contributed by atoms with E-state index in [2.05, 4.69) is 4.72 Å². The second-order valence-corrected chi connectivity index (χ2v) is 5.50. The zero-order chi connectivity index (χ0) is 10.5. The summed E-state index contributed by atoms with van der Waals surface area (Å²) >= 11 is 0. The fraction of sp³-hybridized carbons (Fsp3) is 1.00. The van der Waals surface area contributed by atoms with E-state index < -0.39 is 16.1 Å². The van der Waals surface area contributed by atoms with Crippen LogP contribution in [0, 0.1) is 0 Å². The molecule has 0 bridgehead atoms. The Bertz CT molecular complexity index is 361. The summed E-state index contributed by atoms with van der Waals surface area (Å²) in [5.41, 5.74) is 0. The van der Waals surface area contributed by atoms with Gasteiger partial charge in [0.25, 0.3) is 0 Å². The minimum Gasteiger partial charge on any atom is -0.347 e. The van der Waals surface area contributed by atoms with Crippen molar-refractivity contribution in [1.29, 1.82) is 0 Å². The van der Waals surface area contributed by atoms with Crippen LogP contribution in [-0.2, 0) is 24.0 Å². The highest BCUT2D eigenvalue weighted by atomic mass is 32.2. The molecule has 2 saturated heterocycles. The average Bonchev–Trinajstić information content (AvgIpc) is 2.69. The minimum absolute atomic E-state index is 0.207. The first kappa shape index (κ1) is 9.98. The van der Waals surface area contributed by atoms with Gasteiger partial charge in [-0.3, -0.25) is 4.18 Å². The van der Waals surface area contributed by atoms with Crippen LogP contribution in [0.15, 0.2) is 0 Å². The normalized spacial score (nSPS) is 41.9. The van der Waals surface area contributed by atoms with Crippen molar-refractivity contribution in [3.05, 3.63) is 0 Å². The molecule has 15 heavy (non-hydrogen) atoms. The van der Waals surface area contributed by atoms with Gasteiger partial charge in [-0.15, -0.1) is 0 Å². The Hall–Kier alpha value is -0.210. The lowest BCUT2D eigenvalue weighted by molar-refractivity contribution is -0.188. The van der Waals surface area contributed by atoms with Crippen LogP contribution in [-0.4, -0.2) is 39.6 Å². The van der Waals surface area contributed by atoms with Crippen LogP contribution in [0.1, 0.15) is 19.3 Å². The maximum Gasteiger partial charge on any atom is 0.336 e. The van der Waals surface area contributed by atoms with Gasteiger partial charge in [0.05, 0.1) is 25.4 Å².